The number of halogens is 2. The first-order valence-electron chi connectivity index (χ1n) is 7.97. The van der Waals surface area contributed by atoms with E-state index in [1.807, 2.05) is 13.8 Å². The summed E-state index contributed by atoms with van der Waals surface area (Å²) in [7, 11) is 1.35. The third-order valence-electron chi connectivity index (χ3n) is 3.29. The van der Waals surface area contributed by atoms with Gasteiger partial charge in [-0.25, -0.2) is 0 Å². The number of pyridine rings is 1. The van der Waals surface area contributed by atoms with Gasteiger partial charge in [-0.05, 0) is 49.8 Å². The minimum atomic E-state index is -2.94. The molecule has 7 heteroatoms. The minimum Gasteiger partial charge on any atom is -0.493 e. The lowest BCUT2D eigenvalue weighted by Crippen LogP contribution is -2.26. The number of methoxy groups -OCH3 is 1. The molecule has 0 aliphatic heterocycles. The molecule has 2 rings (SSSR count). The Hall–Kier alpha value is -2.96. The molecule has 1 aromatic heterocycles. The summed E-state index contributed by atoms with van der Waals surface area (Å²) in [6, 6.07) is 9.78. The predicted octanol–water partition coefficient (Wildman–Crippen LogP) is 3.76. The van der Waals surface area contributed by atoms with Crippen LogP contribution in [0.1, 0.15) is 24.2 Å². The predicted molar refractivity (Wildman–Crippen MR) is 94.4 cm³/mol. The summed E-state index contributed by atoms with van der Waals surface area (Å²) in [6.45, 7) is 0.907. The highest BCUT2D eigenvalue weighted by Gasteiger charge is 2.10. The van der Waals surface area contributed by atoms with Crippen LogP contribution >= 0.6 is 0 Å². The smallest absolute Gasteiger partial charge is 0.387 e. The van der Waals surface area contributed by atoms with Gasteiger partial charge in [0.15, 0.2) is 11.5 Å². The Kier molecular flexibility index (Phi) is 6.66. The molecule has 0 spiro atoms. The number of nitrogens with zero attached hydrogens (tertiary/aromatic N) is 2. The van der Waals surface area contributed by atoms with Crippen LogP contribution < -0.4 is 15.0 Å². The van der Waals surface area contributed by atoms with E-state index in [2.05, 4.69) is 9.73 Å². The van der Waals surface area contributed by atoms with Crippen molar-refractivity contribution in [1.29, 1.82) is 0 Å². The zero-order chi connectivity index (χ0) is 19.1. The average molecular weight is 362 g/mol. The topological polar surface area (TPSA) is 52.8 Å². The van der Waals surface area contributed by atoms with Crippen LogP contribution in [0.15, 0.2) is 53.7 Å². The van der Waals surface area contributed by atoms with Gasteiger partial charge in [-0.3, -0.25) is 14.4 Å². The maximum Gasteiger partial charge on any atom is 0.387 e. The van der Waals surface area contributed by atoms with Crippen molar-refractivity contribution in [2.45, 2.75) is 26.5 Å². The number of carbonyl (C=O) groups excluding carboxylic acids is 1. The molecule has 1 aromatic carbocycles. The minimum absolute atomic E-state index is 0.0482. The normalized spacial score (nSPS) is 12.2. The summed E-state index contributed by atoms with van der Waals surface area (Å²) in [4.78, 5) is 16.9. The third-order valence-corrected chi connectivity index (χ3v) is 3.29. The maximum absolute atomic E-state index is 12.4. The fourth-order valence-corrected chi connectivity index (χ4v) is 2.22. The zero-order valence-corrected chi connectivity index (χ0v) is 14.7. The van der Waals surface area contributed by atoms with Crippen molar-refractivity contribution >= 4 is 12.0 Å². The molecule has 0 radical (unpaired) electrons. The first-order valence-corrected chi connectivity index (χ1v) is 7.97. The molecule has 0 aliphatic rings. The van der Waals surface area contributed by atoms with Crippen molar-refractivity contribution in [3.05, 3.63) is 59.7 Å². The first kappa shape index (κ1) is 19.4. The van der Waals surface area contributed by atoms with Gasteiger partial charge in [0, 0.05) is 18.3 Å². The molecule has 0 saturated heterocycles. The Morgan fingerprint density at radius 1 is 1.19 bits per heavy atom. The zero-order valence-electron chi connectivity index (χ0n) is 14.7. The SMILES string of the molecule is COc1cc(/C=C/C(=O)n2ccccc2=NC(C)C)ccc1OC(F)F. The van der Waals surface area contributed by atoms with Gasteiger partial charge in [-0.1, -0.05) is 12.1 Å². The molecule has 0 saturated carbocycles. The molecule has 0 aliphatic carbocycles. The second-order valence-corrected chi connectivity index (χ2v) is 5.61. The highest BCUT2D eigenvalue weighted by Crippen LogP contribution is 2.29. The van der Waals surface area contributed by atoms with E-state index in [1.54, 1.807) is 36.5 Å². The molecule has 138 valence electrons. The van der Waals surface area contributed by atoms with Crippen LogP contribution in [0, 0.1) is 0 Å². The lowest BCUT2D eigenvalue weighted by Gasteiger charge is -2.10. The molecule has 0 amide bonds. The van der Waals surface area contributed by atoms with E-state index in [4.69, 9.17) is 4.74 Å². The standard InChI is InChI=1S/C19H20F2N2O3/c1-13(2)22-17-6-4-5-11-23(17)18(24)10-8-14-7-9-15(26-19(20)21)16(12-14)25-3/h4-13,19H,1-3H3/b10-8+,22-17?. The summed E-state index contributed by atoms with van der Waals surface area (Å²) >= 11 is 0. The van der Waals surface area contributed by atoms with Crippen molar-refractivity contribution in [3.63, 3.8) is 0 Å². The van der Waals surface area contributed by atoms with Crippen LogP contribution in [0.4, 0.5) is 8.78 Å². The van der Waals surface area contributed by atoms with Crippen LogP contribution in [-0.2, 0) is 0 Å². The molecular weight excluding hydrogens is 342 g/mol. The Morgan fingerprint density at radius 3 is 2.62 bits per heavy atom. The van der Waals surface area contributed by atoms with Crippen molar-refractivity contribution in [3.8, 4) is 11.5 Å². The molecule has 5 nitrogen and oxygen atoms in total. The van der Waals surface area contributed by atoms with Crippen LogP contribution in [0.2, 0.25) is 0 Å². The molecular formula is C19H20F2N2O3. The van der Waals surface area contributed by atoms with Crippen LogP contribution in [-0.4, -0.2) is 30.2 Å². The molecule has 2 aromatic rings. The van der Waals surface area contributed by atoms with Crippen molar-refractivity contribution < 1.29 is 23.0 Å². The fourth-order valence-electron chi connectivity index (χ4n) is 2.22. The van der Waals surface area contributed by atoms with Crippen molar-refractivity contribution in [2.75, 3.05) is 7.11 Å². The van der Waals surface area contributed by atoms with Crippen molar-refractivity contribution in [1.82, 2.24) is 4.57 Å². The summed E-state index contributed by atoms with van der Waals surface area (Å²) in [5, 5.41) is 0. The third kappa shape index (κ3) is 5.27. The monoisotopic (exact) mass is 362 g/mol. The molecule has 26 heavy (non-hydrogen) atoms. The summed E-state index contributed by atoms with van der Waals surface area (Å²) < 4.78 is 35.6. The van der Waals surface area contributed by atoms with Crippen LogP contribution in [0.5, 0.6) is 11.5 Å². The number of aromatic nitrogens is 1. The second-order valence-electron chi connectivity index (χ2n) is 5.61. The molecule has 0 bridgehead atoms. The highest BCUT2D eigenvalue weighted by molar-refractivity contribution is 5.93. The largest absolute Gasteiger partial charge is 0.493 e. The van der Waals surface area contributed by atoms with Gasteiger partial charge in [0.2, 0.25) is 0 Å². The van der Waals surface area contributed by atoms with Crippen molar-refractivity contribution in [2.24, 2.45) is 4.99 Å². The van der Waals surface area contributed by atoms with Gasteiger partial charge in [0.1, 0.15) is 5.49 Å². The fraction of sp³-hybridized carbons (Fsp3) is 0.263. The Morgan fingerprint density at radius 2 is 1.96 bits per heavy atom. The van der Waals surface area contributed by atoms with Gasteiger partial charge in [-0.2, -0.15) is 8.78 Å². The van der Waals surface area contributed by atoms with E-state index in [0.717, 1.165) is 0 Å². The molecule has 0 atom stereocenters. The van der Waals surface area contributed by atoms with Gasteiger partial charge in [0.25, 0.3) is 5.91 Å². The average Bonchev–Trinajstić information content (AvgIpc) is 2.60. The highest BCUT2D eigenvalue weighted by atomic mass is 19.3. The lowest BCUT2D eigenvalue weighted by molar-refractivity contribution is -0.0512. The van der Waals surface area contributed by atoms with E-state index in [9.17, 15) is 13.6 Å². The number of hydrogen-bond donors (Lipinski definition) is 0. The number of benzene rings is 1. The van der Waals surface area contributed by atoms with E-state index < -0.39 is 6.61 Å². The number of ether oxygens (including phenoxy) is 2. The van der Waals surface area contributed by atoms with Gasteiger partial charge >= 0.3 is 6.61 Å². The molecule has 1 heterocycles. The molecule has 0 unspecified atom stereocenters. The van der Waals surface area contributed by atoms with Gasteiger partial charge in [-0.15, -0.1) is 0 Å². The summed E-state index contributed by atoms with van der Waals surface area (Å²) in [5.41, 5.74) is 1.16. The first-order chi connectivity index (χ1) is 12.4. The summed E-state index contributed by atoms with van der Waals surface area (Å²) in [6.07, 6.45) is 4.58. The van der Waals surface area contributed by atoms with E-state index in [1.165, 1.54) is 29.9 Å². The Labute approximate surface area is 150 Å². The number of allylic oxidation sites excluding steroid dienone is 1. The number of rotatable bonds is 6. The van der Waals surface area contributed by atoms with E-state index >= 15 is 0 Å². The van der Waals surface area contributed by atoms with Gasteiger partial charge < -0.3 is 9.47 Å². The molecule has 0 N–H and O–H groups in total. The number of hydrogen-bond acceptors (Lipinski definition) is 4. The quantitative estimate of drug-likeness (QED) is 0.735. The Bertz CT molecular complexity index is 858. The van der Waals surface area contributed by atoms with Crippen LogP contribution in [0.25, 0.3) is 6.08 Å². The summed E-state index contributed by atoms with van der Waals surface area (Å²) in [5.74, 6) is -0.193. The Balaban J connectivity index is 2.26. The maximum atomic E-state index is 12.4. The van der Waals surface area contributed by atoms with Gasteiger partial charge in [0.05, 0.1) is 7.11 Å². The number of carbonyl (C=O) groups is 1. The van der Waals surface area contributed by atoms with Crippen LogP contribution in [0.3, 0.4) is 0 Å². The lowest BCUT2D eigenvalue weighted by atomic mass is 10.2. The van der Waals surface area contributed by atoms with E-state index in [-0.39, 0.29) is 23.4 Å². The van der Waals surface area contributed by atoms with E-state index in [0.29, 0.717) is 11.1 Å². The second kappa shape index (κ2) is 8.94. The molecule has 0 fully saturated rings. The number of alkyl halides is 2.